The van der Waals surface area contributed by atoms with Crippen LogP contribution in [0, 0.1) is 13.8 Å². The van der Waals surface area contributed by atoms with E-state index in [1.807, 2.05) is 13.8 Å². The third-order valence-corrected chi connectivity index (χ3v) is 4.27. The number of nitrogens with one attached hydrogen (secondary N) is 1. The number of amides is 1. The van der Waals surface area contributed by atoms with Crippen molar-refractivity contribution in [3.05, 3.63) is 65.0 Å². The summed E-state index contributed by atoms with van der Waals surface area (Å²) in [6.45, 7) is 4.02. The van der Waals surface area contributed by atoms with Crippen molar-refractivity contribution in [1.29, 1.82) is 0 Å². The quantitative estimate of drug-likeness (QED) is 0.661. The number of rotatable bonds is 7. The van der Waals surface area contributed by atoms with Crippen LogP contribution < -0.4 is 19.5 Å². The summed E-state index contributed by atoms with van der Waals surface area (Å²) < 4.78 is 21.4. The molecule has 0 aliphatic heterocycles. The maximum atomic E-state index is 12.6. The molecule has 0 fully saturated rings. The Balaban J connectivity index is 1.72. The normalized spacial score (nSPS) is 10.4. The second-order valence-corrected chi connectivity index (χ2v) is 6.17. The number of hydrogen-bond donors (Lipinski definition) is 1. The Morgan fingerprint density at radius 1 is 1.04 bits per heavy atom. The SMILES string of the molecule is COc1cc(NC(=O)c2cccc(OCc3c(C)noc3C)c2)cc(OC)c1. The van der Waals surface area contributed by atoms with Crippen molar-refractivity contribution in [2.45, 2.75) is 20.5 Å². The van der Waals surface area contributed by atoms with E-state index in [9.17, 15) is 4.79 Å². The smallest absolute Gasteiger partial charge is 0.255 e. The molecule has 2 aromatic carbocycles. The van der Waals surface area contributed by atoms with Gasteiger partial charge in [0.2, 0.25) is 0 Å². The second kappa shape index (κ2) is 8.47. The van der Waals surface area contributed by atoms with Crippen LogP contribution in [0.4, 0.5) is 5.69 Å². The number of ether oxygens (including phenoxy) is 3. The van der Waals surface area contributed by atoms with E-state index in [1.54, 1.807) is 56.7 Å². The van der Waals surface area contributed by atoms with Crippen LogP contribution >= 0.6 is 0 Å². The number of hydrogen-bond acceptors (Lipinski definition) is 6. The van der Waals surface area contributed by atoms with Crippen molar-refractivity contribution in [3.8, 4) is 17.2 Å². The molecule has 0 unspecified atom stereocenters. The molecule has 0 radical (unpaired) electrons. The van der Waals surface area contributed by atoms with Gasteiger partial charge in [-0.1, -0.05) is 11.2 Å². The van der Waals surface area contributed by atoms with E-state index in [0.29, 0.717) is 35.1 Å². The highest BCUT2D eigenvalue weighted by molar-refractivity contribution is 6.04. The zero-order chi connectivity index (χ0) is 20.1. The highest BCUT2D eigenvalue weighted by atomic mass is 16.5. The molecule has 0 atom stereocenters. The molecule has 0 bridgehead atoms. The fraction of sp³-hybridized carbons (Fsp3) is 0.238. The first-order chi connectivity index (χ1) is 13.5. The average molecular weight is 382 g/mol. The third-order valence-electron chi connectivity index (χ3n) is 4.27. The predicted octanol–water partition coefficient (Wildman–Crippen LogP) is 4.14. The zero-order valence-electron chi connectivity index (χ0n) is 16.2. The number of anilines is 1. The maximum Gasteiger partial charge on any atom is 0.255 e. The van der Waals surface area contributed by atoms with Crippen LogP contribution in [0.25, 0.3) is 0 Å². The van der Waals surface area contributed by atoms with Gasteiger partial charge >= 0.3 is 0 Å². The molecule has 7 heteroatoms. The summed E-state index contributed by atoms with van der Waals surface area (Å²) in [7, 11) is 3.11. The number of aryl methyl sites for hydroxylation is 2. The summed E-state index contributed by atoms with van der Waals surface area (Å²) in [4.78, 5) is 12.6. The maximum absolute atomic E-state index is 12.6. The second-order valence-electron chi connectivity index (χ2n) is 6.17. The number of carbonyl (C=O) groups is 1. The van der Waals surface area contributed by atoms with Gasteiger partial charge in [-0.15, -0.1) is 0 Å². The molecule has 3 rings (SSSR count). The summed E-state index contributed by atoms with van der Waals surface area (Å²) in [6.07, 6.45) is 0. The molecule has 0 aliphatic rings. The van der Waals surface area contributed by atoms with E-state index in [0.717, 1.165) is 17.0 Å². The molecule has 0 aliphatic carbocycles. The van der Waals surface area contributed by atoms with Crippen LogP contribution in [-0.4, -0.2) is 25.3 Å². The molecule has 1 amide bonds. The van der Waals surface area contributed by atoms with Gasteiger partial charge in [-0.05, 0) is 32.0 Å². The van der Waals surface area contributed by atoms with E-state index in [-0.39, 0.29) is 5.91 Å². The molecular weight excluding hydrogens is 360 g/mol. The van der Waals surface area contributed by atoms with Crippen LogP contribution in [0.2, 0.25) is 0 Å². The van der Waals surface area contributed by atoms with Crippen LogP contribution in [0.3, 0.4) is 0 Å². The Bertz CT molecular complexity index is 939. The number of methoxy groups -OCH3 is 2. The Labute approximate surface area is 163 Å². The monoisotopic (exact) mass is 382 g/mol. The van der Waals surface area contributed by atoms with E-state index in [4.69, 9.17) is 18.7 Å². The molecule has 7 nitrogen and oxygen atoms in total. The minimum Gasteiger partial charge on any atom is -0.497 e. The molecule has 0 saturated heterocycles. The summed E-state index contributed by atoms with van der Waals surface area (Å²) >= 11 is 0. The molecule has 3 aromatic rings. The van der Waals surface area contributed by atoms with Gasteiger partial charge in [0, 0.05) is 29.4 Å². The van der Waals surface area contributed by atoms with Crippen LogP contribution in [0.1, 0.15) is 27.4 Å². The molecule has 0 saturated carbocycles. The minimum atomic E-state index is -0.266. The van der Waals surface area contributed by atoms with E-state index in [2.05, 4.69) is 10.5 Å². The first kappa shape index (κ1) is 19.3. The summed E-state index contributed by atoms with van der Waals surface area (Å²) in [5.74, 6) is 2.21. The highest BCUT2D eigenvalue weighted by Crippen LogP contribution is 2.26. The largest absolute Gasteiger partial charge is 0.497 e. The Kier molecular flexibility index (Phi) is 5.84. The molecule has 146 valence electrons. The molecule has 1 heterocycles. The molecule has 28 heavy (non-hydrogen) atoms. The van der Waals surface area contributed by atoms with Crippen LogP contribution in [0.5, 0.6) is 17.2 Å². The summed E-state index contributed by atoms with van der Waals surface area (Å²) in [5.41, 5.74) is 2.73. The number of benzene rings is 2. The first-order valence-electron chi connectivity index (χ1n) is 8.69. The standard InChI is InChI=1S/C21H22N2O5/c1-13-20(14(2)28-23-13)12-27-17-7-5-6-15(8-17)21(24)22-16-9-18(25-3)11-19(10-16)26-4/h5-11H,12H2,1-4H3,(H,22,24). The zero-order valence-corrected chi connectivity index (χ0v) is 16.2. The van der Waals surface area contributed by atoms with Gasteiger partial charge in [-0.3, -0.25) is 4.79 Å². The van der Waals surface area contributed by atoms with Crippen molar-refractivity contribution in [2.75, 3.05) is 19.5 Å². The summed E-state index contributed by atoms with van der Waals surface area (Å²) in [6, 6.07) is 12.1. The van der Waals surface area contributed by atoms with Gasteiger partial charge < -0.3 is 24.1 Å². The number of carbonyl (C=O) groups excluding carboxylic acids is 1. The van der Waals surface area contributed by atoms with Crippen molar-refractivity contribution < 1.29 is 23.5 Å². The fourth-order valence-corrected chi connectivity index (χ4v) is 2.67. The first-order valence-corrected chi connectivity index (χ1v) is 8.69. The lowest BCUT2D eigenvalue weighted by Gasteiger charge is -2.11. The number of aromatic nitrogens is 1. The Morgan fingerprint density at radius 3 is 2.36 bits per heavy atom. The van der Waals surface area contributed by atoms with E-state index in [1.165, 1.54) is 0 Å². The highest BCUT2D eigenvalue weighted by Gasteiger charge is 2.12. The third kappa shape index (κ3) is 4.43. The molecule has 0 spiro atoms. The van der Waals surface area contributed by atoms with Gasteiger partial charge in [-0.25, -0.2) is 0 Å². The Hall–Kier alpha value is -3.48. The minimum absolute atomic E-state index is 0.266. The van der Waals surface area contributed by atoms with Gasteiger partial charge in [0.25, 0.3) is 5.91 Å². The molecular formula is C21H22N2O5. The van der Waals surface area contributed by atoms with Crippen molar-refractivity contribution in [2.24, 2.45) is 0 Å². The number of nitrogens with zero attached hydrogens (tertiary/aromatic N) is 1. The topological polar surface area (TPSA) is 82.8 Å². The van der Waals surface area contributed by atoms with Crippen LogP contribution in [0.15, 0.2) is 47.0 Å². The van der Waals surface area contributed by atoms with Gasteiger partial charge in [-0.2, -0.15) is 0 Å². The van der Waals surface area contributed by atoms with E-state index >= 15 is 0 Å². The average Bonchev–Trinajstić information content (AvgIpc) is 3.03. The predicted molar refractivity (Wildman–Crippen MR) is 104 cm³/mol. The Morgan fingerprint density at radius 2 is 1.75 bits per heavy atom. The lowest BCUT2D eigenvalue weighted by atomic mass is 10.2. The van der Waals surface area contributed by atoms with Gasteiger partial charge in [0.1, 0.15) is 29.6 Å². The van der Waals surface area contributed by atoms with Crippen molar-refractivity contribution >= 4 is 11.6 Å². The summed E-state index contributed by atoms with van der Waals surface area (Å²) in [5, 5.41) is 6.75. The van der Waals surface area contributed by atoms with Gasteiger partial charge in [0.15, 0.2) is 0 Å². The lowest BCUT2D eigenvalue weighted by molar-refractivity contribution is 0.102. The van der Waals surface area contributed by atoms with E-state index < -0.39 is 0 Å². The molecule has 1 aromatic heterocycles. The fourth-order valence-electron chi connectivity index (χ4n) is 2.67. The molecule has 1 N–H and O–H groups in total. The van der Waals surface area contributed by atoms with Crippen molar-refractivity contribution in [3.63, 3.8) is 0 Å². The van der Waals surface area contributed by atoms with Gasteiger partial charge in [0.05, 0.1) is 25.5 Å². The van der Waals surface area contributed by atoms with Crippen LogP contribution in [-0.2, 0) is 6.61 Å². The van der Waals surface area contributed by atoms with Crippen molar-refractivity contribution in [1.82, 2.24) is 5.16 Å². The lowest BCUT2D eigenvalue weighted by Crippen LogP contribution is -2.12.